The van der Waals surface area contributed by atoms with Gasteiger partial charge in [-0.2, -0.15) is 11.8 Å². The van der Waals surface area contributed by atoms with E-state index in [2.05, 4.69) is 4.98 Å². The van der Waals surface area contributed by atoms with Crippen molar-refractivity contribution in [2.24, 2.45) is 12.8 Å². The lowest BCUT2D eigenvalue weighted by atomic mass is 10.7. The zero-order chi connectivity index (χ0) is 8.97. The molecule has 0 atom stereocenters. The van der Waals surface area contributed by atoms with E-state index >= 15 is 0 Å². The second-order valence-corrected chi connectivity index (χ2v) is 3.89. The molecule has 0 saturated heterocycles. The van der Waals surface area contributed by atoms with Crippen LogP contribution in [-0.2, 0) is 12.8 Å². The quantitative estimate of drug-likeness (QED) is 0.753. The van der Waals surface area contributed by atoms with Gasteiger partial charge in [0.25, 0.3) is 0 Å². The highest BCUT2D eigenvalue weighted by atomic mass is 35.5. The summed E-state index contributed by atoms with van der Waals surface area (Å²) >= 11 is 7.58. The van der Waals surface area contributed by atoms with E-state index in [1.807, 2.05) is 11.6 Å². The summed E-state index contributed by atoms with van der Waals surface area (Å²) < 4.78 is 1.88. The van der Waals surface area contributed by atoms with Crippen LogP contribution in [0.5, 0.6) is 0 Å². The number of nitrogens with two attached hydrogens (primary N) is 1. The Morgan fingerprint density at radius 1 is 1.75 bits per heavy atom. The van der Waals surface area contributed by atoms with Crippen molar-refractivity contribution >= 4 is 23.4 Å². The standard InChI is InChI=1S/C7H12ClN3S/c1-11-6(8)4-10-7(11)5-12-3-2-9/h4H,2-3,5,9H2,1H3. The fourth-order valence-electron chi connectivity index (χ4n) is 0.805. The lowest BCUT2D eigenvalue weighted by Crippen LogP contribution is -2.03. The maximum Gasteiger partial charge on any atom is 0.128 e. The van der Waals surface area contributed by atoms with Crippen molar-refractivity contribution in [1.82, 2.24) is 9.55 Å². The van der Waals surface area contributed by atoms with Crippen LogP contribution in [0.4, 0.5) is 0 Å². The molecule has 0 aliphatic rings. The van der Waals surface area contributed by atoms with Gasteiger partial charge in [-0.15, -0.1) is 0 Å². The summed E-state index contributed by atoms with van der Waals surface area (Å²) in [6.07, 6.45) is 1.67. The van der Waals surface area contributed by atoms with E-state index in [1.54, 1.807) is 18.0 Å². The molecule has 68 valence electrons. The minimum Gasteiger partial charge on any atom is -0.330 e. The molecule has 3 nitrogen and oxygen atoms in total. The first-order valence-corrected chi connectivity index (χ1v) is 5.23. The van der Waals surface area contributed by atoms with Crippen LogP contribution >= 0.6 is 23.4 Å². The maximum absolute atomic E-state index is 5.81. The smallest absolute Gasteiger partial charge is 0.128 e. The molecule has 0 radical (unpaired) electrons. The first kappa shape index (κ1) is 9.89. The lowest BCUT2D eigenvalue weighted by Gasteiger charge is -2.00. The number of halogens is 1. The molecule has 1 heterocycles. The Hall–Kier alpha value is -0.190. The predicted molar refractivity (Wildman–Crippen MR) is 53.4 cm³/mol. The lowest BCUT2D eigenvalue weighted by molar-refractivity contribution is 0.850. The van der Waals surface area contributed by atoms with Crippen molar-refractivity contribution in [1.29, 1.82) is 0 Å². The molecule has 12 heavy (non-hydrogen) atoms. The van der Waals surface area contributed by atoms with Crippen molar-refractivity contribution in [3.8, 4) is 0 Å². The number of imidazole rings is 1. The van der Waals surface area contributed by atoms with Crippen LogP contribution in [0.25, 0.3) is 0 Å². The molecule has 0 aromatic carbocycles. The molecule has 0 fully saturated rings. The number of hydrogen-bond acceptors (Lipinski definition) is 3. The molecule has 0 amide bonds. The summed E-state index contributed by atoms with van der Waals surface area (Å²) in [6.45, 7) is 0.711. The summed E-state index contributed by atoms with van der Waals surface area (Å²) in [5, 5.41) is 0.679. The molecule has 1 rings (SSSR count). The third-order valence-corrected chi connectivity index (χ3v) is 2.86. The fourth-order valence-corrected chi connectivity index (χ4v) is 1.71. The van der Waals surface area contributed by atoms with Gasteiger partial charge < -0.3 is 10.3 Å². The highest BCUT2D eigenvalue weighted by molar-refractivity contribution is 7.98. The fraction of sp³-hybridized carbons (Fsp3) is 0.571. The second-order valence-electron chi connectivity index (χ2n) is 2.40. The van der Waals surface area contributed by atoms with Gasteiger partial charge in [-0.1, -0.05) is 11.6 Å². The average Bonchev–Trinajstić information content (AvgIpc) is 2.36. The number of thioether (sulfide) groups is 1. The Balaban J connectivity index is 2.46. The second kappa shape index (κ2) is 4.74. The minimum absolute atomic E-state index is 0.679. The zero-order valence-electron chi connectivity index (χ0n) is 6.96. The molecular weight excluding hydrogens is 194 g/mol. The van der Waals surface area contributed by atoms with Crippen molar-refractivity contribution < 1.29 is 0 Å². The Morgan fingerprint density at radius 2 is 2.50 bits per heavy atom. The van der Waals surface area contributed by atoms with E-state index in [0.29, 0.717) is 11.7 Å². The first-order valence-electron chi connectivity index (χ1n) is 3.69. The van der Waals surface area contributed by atoms with Crippen LogP contribution in [0.2, 0.25) is 5.15 Å². The van der Waals surface area contributed by atoms with E-state index in [9.17, 15) is 0 Å². The van der Waals surface area contributed by atoms with E-state index < -0.39 is 0 Å². The SMILES string of the molecule is Cn1c(Cl)cnc1CSCCN. The Morgan fingerprint density at radius 3 is 3.00 bits per heavy atom. The highest BCUT2D eigenvalue weighted by Crippen LogP contribution is 2.14. The van der Waals surface area contributed by atoms with Crippen LogP contribution in [0.1, 0.15) is 5.82 Å². The van der Waals surface area contributed by atoms with Gasteiger partial charge in [-0.05, 0) is 0 Å². The molecule has 0 saturated carbocycles. The molecule has 0 aliphatic heterocycles. The molecule has 1 aromatic heterocycles. The van der Waals surface area contributed by atoms with E-state index in [0.717, 1.165) is 17.3 Å². The van der Waals surface area contributed by atoms with Gasteiger partial charge in [0.15, 0.2) is 0 Å². The normalized spacial score (nSPS) is 10.6. The summed E-state index contributed by atoms with van der Waals surface area (Å²) in [4.78, 5) is 4.16. The Kier molecular flexibility index (Phi) is 3.91. The zero-order valence-corrected chi connectivity index (χ0v) is 8.53. The van der Waals surface area contributed by atoms with Crippen molar-refractivity contribution in [3.63, 3.8) is 0 Å². The molecule has 0 bridgehead atoms. The molecule has 1 aromatic rings. The van der Waals surface area contributed by atoms with Crippen LogP contribution in [-0.4, -0.2) is 21.8 Å². The topological polar surface area (TPSA) is 43.8 Å². The van der Waals surface area contributed by atoms with Gasteiger partial charge >= 0.3 is 0 Å². The third-order valence-electron chi connectivity index (χ3n) is 1.52. The summed E-state index contributed by atoms with van der Waals surface area (Å²) in [5.41, 5.74) is 5.36. The van der Waals surface area contributed by atoms with E-state index in [4.69, 9.17) is 17.3 Å². The number of aromatic nitrogens is 2. The third kappa shape index (κ3) is 2.40. The van der Waals surface area contributed by atoms with Crippen molar-refractivity contribution in [2.75, 3.05) is 12.3 Å². The molecule has 0 unspecified atom stereocenters. The monoisotopic (exact) mass is 205 g/mol. The van der Waals surface area contributed by atoms with Crippen LogP contribution in [0.15, 0.2) is 6.20 Å². The Bertz CT molecular complexity index is 249. The Labute approximate surface area is 81.3 Å². The average molecular weight is 206 g/mol. The first-order chi connectivity index (χ1) is 5.75. The van der Waals surface area contributed by atoms with Gasteiger partial charge in [0.05, 0.1) is 11.9 Å². The number of rotatable bonds is 4. The maximum atomic E-state index is 5.81. The number of nitrogens with zero attached hydrogens (tertiary/aromatic N) is 2. The van der Waals surface area contributed by atoms with Crippen molar-refractivity contribution in [3.05, 3.63) is 17.2 Å². The molecular formula is C7H12ClN3S. The molecule has 0 spiro atoms. The summed E-state index contributed by atoms with van der Waals surface area (Å²) in [5.74, 6) is 2.84. The van der Waals surface area contributed by atoms with Gasteiger partial charge in [0, 0.05) is 19.3 Å². The van der Waals surface area contributed by atoms with Crippen molar-refractivity contribution in [2.45, 2.75) is 5.75 Å². The summed E-state index contributed by atoms with van der Waals surface area (Å²) in [7, 11) is 1.91. The molecule has 2 N–H and O–H groups in total. The predicted octanol–water partition coefficient (Wildman–Crippen LogP) is 1.27. The van der Waals surface area contributed by atoms with Gasteiger partial charge in [-0.3, -0.25) is 0 Å². The number of hydrogen-bond donors (Lipinski definition) is 1. The van der Waals surface area contributed by atoms with Gasteiger partial charge in [0.1, 0.15) is 11.0 Å². The van der Waals surface area contributed by atoms with Gasteiger partial charge in [-0.25, -0.2) is 4.98 Å². The van der Waals surface area contributed by atoms with E-state index in [-0.39, 0.29) is 0 Å². The minimum atomic E-state index is 0.679. The summed E-state index contributed by atoms with van der Waals surface area (Å²) in [6, 6.07) is 0. The van der Waals surface area contributed by atoms with Crippen LogP contribution < -0.4 is 5.73 Å². The highest BCUT2D eigenvalue weighted by Gasteiger charge is 2.02. The molecule has 5 heteroatoms. The van der Waals surface area contributed by atoms with Crippen LogP contribution in [0, 0.1) is 0 Å². The largest absolute Gasteiger partial charge is 0.330 e. The molecule has 0 aliphatic carbocycles. The van der Waals surface area contributed by atoms with Crippen LogP contribution in [0.3, 0.4) is 0 Å². The van der Waals surface area contributed by atoms with E-state index in [1.165, 1.54) is 0 Å². The van der Waals surface area contributed by atoms with Gasteiger partial charge in [0.2, 0.25) is 0 Å².